The van der Waals surface area contributed by atoms with Crippen molar-refractivity contribution in [3.8, 4) is 0 Å². The van der Waals surface area contributed by atoms with Gasteiger partial charge in [-0.3, -0.25) is 0 Å². The highest BCUT2D eigenvalue weighted by Crippen LogP contribution is 2.28. The average Bonchev–Trinajstić information content (AvgIpc) is 2.25. The van der Waals surface area contributed by atoms with Crippen LogP contribution >= 0.6 is 0 Å². The van der Waals surface area contributed by atoms with E-state index in [0.29, 0.717) is 24.5 Å². The van der Waals surface area contributed by atoms with Crippen LogP contribution in [0.5, 0.6) is 0 Å². The first-order chi connectivity index (χ1) is 8.02. The highest BCUT2D eigenvalue weighted by Gasteiger charge is 2.23. The summed E-state index contributed by atoms with van der Waals surface area (Å²) < 4.78 is 10.5. The SMILES string of the molecule is CCCNCC(CCOCCOC)C(C)(C)C. The summed E-state index contributed by atoms with van der Waals surface area (Å²) in [4.78, 5) is 0. The molecule has 0 aliphatic rings. The number of hydrogen-bond donors (Lipinski definition) is 1. The van der Waals surface area contributed by atoms with Gasteiger partial charge in [0.15, 0.2) is 0 Å². The molecule has 0 aromatic carbocycles. The van der Waals surface area contributed by atoms with Crippen molar-refractivity contribution in [3.63, 3.8) is 0 Å². The molecular weight excluding hydrogens is 214 g/mol. The quantitative estimate of drug-likeness (QED) is 0.600. The second-order valence-corrected chi connectivity index (χ2v) is 5.66. The van der Waals surface area contributed by atoms with Crippen LogP contribution in [0.15, 0.2) is 0 Å². The normalized spacial score (nSPS) is 13.9. The molecule has 3 nitrogen and oxygen atoms in total. The van der Waals surface area contributed by atoms with Crippen LogP contribution < -0.4 is 5.32 Å². The van der Waals surface area contributed by atoms with Gasteiger partial charge in [-0.1, -0.05) is 27.7 Å². The summed E-state index contributed by atoms with van der Waals surface area (Å²) in [6, 6.07) is 0. The molecule has 3 heteroatoms. The fraction of sp³-hybridized carbons (Fsp3) is 1.00. The number of rotatable bonds is 10. The molecule has 104 valence electrons. The topological polar surface area (TPSA) is 30.5 Å². The molecule has 0 aromatic rings. The van der Waals surface area contributed by atoms with Gasteiger partial charge in [-0.05, 0) is 37.3 Å². The lowest BCUT2D eigenvalue weighted by molar-refractivity contribution is 0.0540. The van der Waals surface area contributed by atoms with E-state index in [2.05, 4.69) is 33.0 Å². The van der Waals surface area contributed by atoms with Crippen LogP contribution in [0.3, 0.4) is 0 Å². The maximum Gasteiger partial charge on any atom is 0.0700 e. The lowest BCUT2D eigenvalue weighted by Crippen LogP contribution is -2.33. The molecule has 0 fully saturated rings. The third kappa shape index (κ3) is 9.57. The molecule has 0 saturated carbocycles. The Kier molecular flexibility index (Phi) is 9.79. The third-order valence-electron chi connectivity index (χ3n) is 3.08. The molecule has 1 atom stereocenters. The van der Waals surface area contributed by atoms with Gasteiger partial charge < -0.3 is 14.8 Å². The van der Waals surface area contributed by atoms with E-state index in [-0.39, 0.29) is 0 Å². The Morgan fingerprint density at radius 1 is 1.12 bits per heavy atom. The standard InChI is InChI=1S/C14H31NO2/c1-6-8-15-12-13(14(2,3)4)7-9-17-11-10-16-5/h13,15H,6-12H2,1-5H3. The first kappa shape index (κ1) is 16.9. The Bertz CT molecular complexity index is 166. The zero-order valence-electron chi connectivity index (χ0n) is 12.3. The Morgan fingerprint density at radius 3 is 2.35 bits per heavy atom. The third-order valence-corrected chi connectivity index (χ3v) is 3.08. The van der Waals surface area contributed by atoms with Crippen LogP contribution in [-0.2, 0) is 9.47 Å². The van der Waals surface area contributed by atoms with Gasteiger partial charge >= 0.3 is 0 Å². The average molecular weight is 245 g/mol. The monoisotopic (exact) mass is 245 g/mol. The molecule has 0 spiro atoms. The molecule has 1 N–H and O–H groups in total. The first-order valence-corrected chi connectivity index (χ1v) is 6.79. The summed E-state index contributed by atoms with van der Waals surface area (Å²) >= 11 is 0. The van der Waals surface area contributed by atoms with Gasteiger partial charge in [0, 0.05) is 13.7 Å². The summed E-state index contributed by atoms with van der Waals surface area (Å²) in [5.41, 5.74) is 0.339. The summed E-state index contributed by atoms with van der Waals surface area (Å²) in [7, 11) is 1.70. The molecule has 0 aromatic heterocycles. The summed E-state index contributed by atoms with van der Waals surface area (Å²) in [5, 5.41) is 3.51. The van der Waals surface area contributed by atoms with E-state index < -0.39 is 0 Å². The Morgan fingerprint density at radius 2 is 1.82 bits per heavy atom. The molecule has 0 bridgehead atoms. The smallest absolute Gasteiger partial charge is 0.0700 e. The van der Waals surface area contributed by atoms with Crippen LogP contribution in [-0.4, -0.2) is 40.0 Å². The van der Waals surface area contributed by atoms with Gasteiger partial charge in [-0.25, -0.2) is 0 Å². The van der Waals surface area contributed by atoms with Crippen LogP contribution in [0.4, 0.5) is 0 Å². The van der Waals surface area contributed by atoms with E-state index in [1.165, 1.54) is 6.42 Å². The van der Waals surface area contributed by atoms with Gasteiger partial charge in [0.1, 0.15) is 0 Å². The van der Waals surface area contributed by atoms with Crippen molar-refractivity contribution in [2.45, 2.75) is 40.5 Å². The molecular formula is C14H31NO2. The molecule has 0 radical (unpaired) electrons. The fourth-order valence-corrected chi connectivity index (χ4v) is 1.76. The zero-order valence-corrected chi connectivity index (χ0v) is 12.3. The molecule has 0 heterocycles. The fourth-order valence-electron chi connectivity index (χ4n) is 1.76. The van der Waals surface area contributed by atoms with E-state index in [0.717, 1.165) is 26.1 Å². The highest BCUT2D eigenvalue weighted by molar-refractivity contribution is 4.75. The molecule has 0 aliphatic heterocycles. The Hall–Kier alpha value is -0.120. The van der Waals surface area contributed by atoms with Gasteiger partial charge in [0.05, 0.1) is 13.2 Å². The number of nitrogens with one attached hydrogen (secondary N) is 1. The van der Waals surface area contributed by atoms with Crippen molar-refractivity contribution in [1.29, 1.82) is 0 Å². The van der Waals surface area contributed by atoms with Gasteiger partial charge in [-0.15, -0.1) is 0 Å². The van der Waals surface area contributed by atoms with Gasteiger partial charge in [0.25, 0.3) is 0 Å². The maximum atomic E-state index is 5.55. The molecule has 0 amide bonds. The molecule has 1 unspecified atom stereocenters. The van der Waals surface area contributed by atoms with Gasteiger partial charge in [0.2, 0.25) is 0 Å². The minimum atomic E-state index is 0.339. The first-order valence-electron chi connectivity index (χ1n) is 6.79. The molecule has 17 heavy (non-hydrogen) atoms. The van der Waals surface area contributed by atoms with Gasteiger partial charge in [-0.2, -0.15) is 0 Å². The molecule has 0 aliphatic carbocycles. The van der Waals surface area contributed by atoms with Crippen LogP contribution in [0.1, 0.15) is 40.5 Å². The van der Waals surface area contributed by atoms with Crippen LogP contribution in [0.25, 0.3) is 0 Å². The zero-order chi connectivity index (χ0) is 13.1. The second-order valence-electron chi connectivity index (χ2n) is 5.66. The lowest BCUT2D eigenvalue weighted by atomic mass is 9.79. The minimum absolute atomic E-state index is 0.339. The summed E-state index contributed by atoms with van der Waals surface area (Å²) in [5.74, 6) is 0.664. The van der Waals surface area contributed by atoms with Crippen LogP contribution in [0.2, 0.25) is 0 Å². The molecule has 0 saturated heterocycles. The van der Waals surface area contributed by atoms with Crippen molar-refractivity contribution >= 4 is 0 Å². The maximum absolute atomic E-state index is 5.55. The predicted molar refractivity (Wildman–Crippen MR) is 73.4 cm³/mol. The minimum Gasteiger partial charge on any atom is -0.382 e. The predicted octanol–water partition coefficient (Wildman–Crippen LogP) is 2.70. The lowest BCUT2D eigenvalue weighted by Gasteiger charge is -2.31. The van der Waals surface area contributed by atoms with E-state index >= 15 is 0 Å². The number of hydrogen-bond acceptors (Lipinski definition) is 3. The number of methoxy groups -OCH3 is 1. The number of ether oxygens (including phenoxy) is 2. The van der Waals surface area contributed by atoms with E-state index in [4.69, 9.17) is 9.47 Å². The van der Waals surface area contributed by atoms with Crippen molar-refractivity contribution < 1.29 is 9.47 Å². The highest BCUT2D eigenvalue weighted by atomic mass is 16.5. The Balaban J connectivity index is 3.78. The van der Waals surface area contributed by atoms with Crippen molar-refractivity contribution in [2.24, 2.45) is 11.3 Å². The Labute approximate surface area is 107 Å². The molecule has 0 rings (SSSR count). The summed E-state index contributed by atoms with van der Waals surface area (Å²) in [6.07, 6.45) is 2.31. The van der Waals surface area contributed by atoms with Crippen LogP contribution in [0, 0.1) is 11.3 Å². The summed E-state index contributed by atoms with van der Waals surface area (Å²) in [6.45, 7) is 13.5. The van der Waals surface area contributed by atoms with E-state index in [1.54, 1.807) is 7.11 Å². The van der Waals surface area contributed by atoms with E-state index in [1.807, 2.05) is 0 Å². The largest absolute Gasteiger partial charge is 0.382 e. The van der Waals surface area contributed by atoms with E-state index in [9.17, 15) is 0 Å². The van der Waals surface area contributed by atoms with Crippen molar-refractivity contribution in [3.05, 3.63) is 0 Å². The van der Waals surface area contributed by atoms with Crippen molar-refractivity contribution in [1.82, 2.24) is 5.32 Å². The second kappa shape index (κ2) is 9.86. The van der Waals surface area contributed by atoms with Crippen molar-refractivity contribution in [2.75, 3.05) is 40.0 Å².